The molecule has 3 rings (SSSR count). The molecule has 1 N–H and O–H groups in total. The Balaban J connectivity index is 1.80. The summed E-state index contributed by atoms with van der Waals surface area (Å²) < 4.78 is 5.59. The van der Waals surface area contributed by atoms with Crippen LogP contribution in [0.15, 0.2) is 34.7 Å². The number of aryl methyl sites for hydroxylation is 2. The minimum Gasteiger partial charge on any atom is -0.444 e. The molecule has 0 radical (unpaired) electrons. The molecule has 0 aliphatic carbocycles. The van der Waals surface area contributed by atoms with Crippen molar-refractivity contribution in [3.63, 3.8) is 0 Å². The molecule has 0 spiro atoms. The van der Waals surface area contributed by atoms with Crippen molar-refractivity contribution in [2.24, 2.45) is 0 Å². The molecule has 0 saturated carbocycles. The molecule has 1 aromatic carbocycles. The summed E-state index contributed by atoms with van der Waals surface area (Å²) in [6, 6.07) is 10.5. The van der Waals surface area contributed by atoms with Gasteiger partial charge in [-0.05, 0) is 50.1 Å². The number of rotatable bonds is 4. The van der Waals surface area contributed by atoms with Gasteiger partial charge in [-0.15, -0.1) is 11.3 Å². The molecule has 21 heavy (non-hydrogen) atoms. The Morgan fingerprint density at radius 2 is 2.05 bits per heavy atom. The minimum atomic E-state index is 0.291. The predicted octanol–water partition coefficient (Wildman–Crippen LogP) is 5.62. The number of furan rings is 1. The fourth-order valence-corrected chi connectivity index (χ4v) is 3.95. The minimum absolute atomic E-state index is 0.291. The molecule has 3 aromatic rings. The second-order valence-corrected chi connectivity index (χ2v) is 7.13. The summed E-state index contributed by atoms with van der Waals surface area (Å²) in [7, 11) is 0. The van der Waals surface area contributed by atoms with E-state index in [-0.39, 0.29) is 0 Å². The normalized spacial score (nSPS) is 13.0. The number of benzene rings is 1. The van der Waals surface area contributed by atoms with Crippen LogP contribution >= 0.6 is 22.9 Å². The molecule has 0 saturated heterocycles. The van der Waals surface area contributed by atoms with Crippen molar-refractivity contribution in [1.29, 1.82) is 0 Å². The summed E-state index contributed by atoms with van der Waals surface area (Å²) in [6.07, 6.45) is 0. The highest BCUT2D eigenvalue weighted by Gasteiger charge is 2.15. The van der Waals surface area contributed by atoms with Crippen LogP contribution in [0, 0.1) is 13.8 Å². The average molecular weight is 320 g/mol. The van der Waals surface area contributed by atoms with Gasteiger partial charge in [0.25, 0.3) is 0 Å². The van der Waals surface area contributed by atoms with Gasteiger partial charge < -0.3 is 9.73 Å². The first-order valence-electron chi connectivity index (χ1n) is 7.02. The monoisotopic (exact) mass is 319 g/mol. The van der Waals surface area contributed by atoms with Crippen LogP contribution in [0.5, 0.6) is 0 Å². The van der Waals surface area contributed by atoms with Crippen molar-refractivity contribution in [2.45, 2.75) is 33.4 Å². The topological polar surface area (TPSA) is 25.2 Å². The van der Waals surface area contributed by atoms with Gasteiger partial charge in [0.05, 0.1) is 0 Å². The van der Waals surface area contributed by atoms with Crippen LogP contribution in [-0.4, -0.2) is 0 Å². The van der Waals surface area contributed by atoms with Crippen LogP contribution in [0.1, 0.15) is 33.8 Å². The van der Waals surface area contributed by atoms with Gasteiger partial charge in [0.2, 0.25) is 0 Å². The number of halogens is 1. The van der Waals surface area contributed by atoms with E-state index in [9.17, 15) is 0 Å². The van der Waals surface area contributed by atoms with Crippen molar-refractivity contribution >= 4 is 33.9 Å². The fourth-order valence-electron chi connectivity index (χ4n) is 2.68. The Morgan fingerprint density at radius 3 is 2.76 bits per heavy atom. The highest BCUT2D eigenvalue weighted by atomic mass is 35.5. The van der Waals surface area contributed by atoms with Gasteiger partial charge >= 0.3 is 0 Å². The van der Waals surface area contributed by atoms with Gasteiger partial charge in [-0.3, -0.25) is 0 Å². The fraction of sp³-hybridized carbons (Fsp3) is 0.294. The van der Waals surface area contributed by atoms with E-state index in [0.717, 1.165) is 16.5 Å². The summed E-state index contributed by atoms with van der Waals surface area (Å²) in [5, 5.41) is 5.12. The van der Waals surface area contributed by atoms with Crippen LogP contribution < -0.4 is 5.32 Å². The zero-order chi connectivity index (χ0) is 15.0. The summed E-state index contributed by atoms with van der Waals surface area (Å²) in [5.41, 5.74) is 3.24. The highest BCUT2D eigenvalue weighted by molar-refractivity contribution is 7.12. The first-order valence-corrected chi connectivity index (χ1v) is 8.22. The quantitative estimate of drug-likeness (QED) is 0.675. The number of thiophene rings is 1. The number of hydrogen-bond donors (Lipinski definition) is 1. The maximum atomic E-state index is 6.23. The number of nitrogens with one attached hydrogen (secondary N) is 1. The van der Waals surface area contributed by atoms with E-state index in [1.165, 1.54) is 15.3 Å². The lowest BCUT2D eigenvalue weighted by molar-refractivity contribution is 0.562. The Morgan fingerprint density at radius 1 is 1.29 bits per heavy atom. The Hall–Kier alpha value is -1.29. The summed E-state index contributed by atoms with van der Waals surface area (Å²) in [6.45, 7) is 7.20. The van der Waals surface area contributed by atoms with E-state index < -0.39 is 0 Å². The maximum absolute atomic E-state index is 6.23. The van der Waals surface area contributed by atoms with Crippen molar-refractivity contribution in [2.75, 3.05) is 0 Å². The molecule has 0 amide bonds. The summed E-state index contributed by atoms with van der Waals surface area (Å²) >= 11 is 8.07. The molecule has 1 atom stereocenters. The van der Waals surface area contributed by atoms with Gasteiger partial charge in [-0.2, -0.15) is 0 Å². The lowest BCUT2D eigenvalue weighted by atomic mass is 10.1. The van der Waals surface area contributed by atoms with E-state index in [1.54, 1.807) is 0 Å². The third kappa shape index (κ3) is 2.86. The van der Waals surface area contributed by atoms with Crippen molar-refractivity contribution in [3.8, 4) is 0 Å². The first-order chi connectivity index (χ1) is 10.1. The molecule has 0 aliphatic heterocycles. The Bertz CT molecular complexity index is 774. The van der Waals surface area contributed by atoms with E-state index in [0.29, 0.717) is 17.8 Å². The van der Waals surface area contributed by atoms with Gasteiger partial charge in [0.15, 0.2) is 5.22 Å². The zero-order valence-corrected chi connectivity index (χ0v) is 13.9. The smallest absolute Gasteiger partial charge is 0.199 e. The van der Waals surface area contributed by atoms with Gasteiger partial charge in [-0.25, -0.2) is 0 Å². The lowest BCUT2D eigenvalue weighted by Gasteiger charge is -2.13. The van der Waals surface area contributed by atoms with Crippen LogP contribution in [0.4, 0.5) is 0 Å². The molecule has 2 heterocycles. The van der Waals surface area contributed by atoms with Gasteiger partial charge in [-0.1, -0.05) is 18.2 Å². The van der Waals surface area contributed by atoms with Gasteiger partial charge in [0.1, 0.15) is 5.58 Å². The molecule has 0 aliphatic rings. The molecule has 110 valence electrons. The molecule has 1 unspecified atom stereocenters. The number of fused-ring (bicyclic) bond motifs is 1. The van der Waals surface area contributed by atoms with E-state index in [2.05, 4.69) is 32.2 Å². The predicted molar refractivity (Wildman–Crippen MR) is 90.3 cm³/mol. The Labute approximate surface area is 133 Å². The molecular formula is C17H18ClNOS. The number of hydrogen-bond acceptors (Lipinski definition) is 3. The molecular weight excluding hydrogens is 302 g/mol. The molecule has 2 nitrogen and oxygen atoms in total. The first kappa shape index (κ1) is 14.6. The average Bonchev–Trinajstić information content (AvgIpc) is 2.95. The van der Waals surface area contributed by atoms with Crippen LogP contribution in [0.25, 0.3) is 11.0 Å². The van der Waals surface area contributed by atoms with Crippen molar-refractivity contribution < 1.29 is 4.42 Å². The third-order valence-corrected chi connectivity index (χ3v) is 5.07. The maximum Gasteiger partial charge on any atom is 0.199 e. The highest BCUT2D eigenvalue weighted by Crippen LogP contribution is 2.31. The summed E-state index contributed by atoms with van der Waals surface area (Å²) in [5.74, 6) is 0. The molecule has 4 heteroatoms. The largest absolute Gasteiger partial charge is 0.444 e. The second-order valence-electron chi connectivity index (χ2n) is 5.32. The molecule has 0 fully saturated rings. The SMILES string of the molecule is Cc1cc(C(C)NCc2c(Cl)oc3ccccc23)c(C)s1. The standard InChI is InChI=1S/C17H18ClNOS/c1-10-8-14(12(3)21-10)11(2)19-9-15-13-6-4-5-7-16(13)20-17(15)18/h4-8,11,19H,9H2,1-3H3. The van der Waals surface area contributed by atoms with Gasteiger partial charge in [0, 0.05) is 33.3 Å². The molecule has 0 bridgehead atoms. The van der Waals surface area contributed by atoms with Crippen LogP contribution in [-0.2, 0) is 6.54 Å². The van der Waals surface area contributed by atoms with Crippen molar-refractivity contribution in [1.82, 2.24) is 5.32 Å². The Kier molecular flexibility index (Phi) is 4.07. The summed E-state index contributed by atoms with van der Waals surface area (Å²) in [4.78, 5) is 2.72. The second kappa shape index (κ2) is 5.84. The van der Waals surface area contributed by atoms with Crippen LogP contribution in [0.2, 0.25) is 5.22 Å². The number of para-hydroxylation sites is 1. The van der Waals surface area contributed by atoms with Crippen molar-refractivity contribution in [3.05, 3.63) is 56.4 Å². The zero-order valence-electron chi connectivity index (χ0n) is 12.4. The van der Waals surface area contributed by atoms with E-state index in [1.807, 2.05) is 35.6 Å². The lowest BCUT2D eigenvalue weighted by Crippen LogP contribution is -2.18. The van der Waals surface area contributed by atoms with Crippen LogP contribution in [0.3, 0.4) is 0 Å². The third-order valence-electron chi connectivity index (χ3n) is 3.78. The van der Waals surface area contributed by atoms with E-state index >= 15 is 0 Å². The molecule has 2 aromatic heterocycles. The van der Waals surface area contributed by atoms with E-state index in [4.69, 9.17) is 16.0 Å².